The lowest BCUT2D eigenvalue weighted by Crippen LogP contribution is -3.00. The molecule has 0 spiro atoms. The second-order valence-corrected chi connectivity index (χ2v) is 4.35. The van der Waals surface area contributed by atoms with Crippen molar-refractivity contribution >= 4 is 11.8 Å². The zero-order valence-corrected chi connectivity index (χ0v) is 11.9. The molecule has 0 fully saturated rings. The van der Waals surface area contributed by atoms with Gasteiger partial charge < -0.3 is 17.0 Å². The molecular weight excluding hydrogens is 324 g/mol. The van der Waals surface area contributed by atoms with E-state index >= 15 is 0 Å². The van der Waals surface area contributed by atoms with Gasteiger partial charge in [-0.3, -0.25) is 14.8 Å². The van der Waals surface area contributed by atoms with Crippen LogP contribution in [0.3, 0.4) is 0 Å². The Kier molecular flexibility index (Phi) is 3.96. The molecule has 3 rings (SSSR count). The highest BCUT2D eigenvalue weighted by atomic mass is 79.9. The van der Waals surface area contributed by atoms with E-state index in [1.165, 1.54) is 0 Å². The lowest BCUT2D eigenvalue weighted by molar-refractivity contribution is -0.688. The van der Waals surface area contributed by atoms with Gasteiger partial charge in [0.15, 0.2) is 18.9 Å². The van der Waals surface area contributed by atoms with Crippen molar-refractivity contribution in [3.8, 4) is 0 Å². The maximum atomic E-state index is 11.7. The molecule has 1 aliphatic rings. The third kappa shape index (κ3) is 2.35. The number of imide groups is 1. The van der Waals surface area contributed by atoms with Crippen LogP contribution in [0.2, 0.25) is 0 Å². The SMILES string of the molecule is O=C1c2ccc(C[n+]3ccccc3)cc2C(=O)N1O.[Br-]. The second kappa shape index (κ2) is 5.52. The molecule has 20 heavy (non-hydrogen) atoms. The van der Waals surface area contributed by atoms with E-state index in [0.29, 0.717) is 6.54 Å². The Bertz CT molecular complexity index is 673. The van der Waals surface area contributed by atoms with Crippen LogP contribution in [0.25, 0.3) is 0 Å². The highest BCUT2D eigenvalue weighted by Crippen LogP contribution is 2.22. The van der Waals surface area contributed by atoms with E-state index in [4.69, 9.17) is 0 Å². The Balaban J connectivity index is 0.00000147. The number of halogens is 1. The van der Waals surface area contributed by atoms with Crippen LogP contribution in [0.5, 0.6) is 0 Å². The van der Waals surface area contributed by atoms with Gasteiger partial charge in [-0.25, -0.2) is 4.57 Å². The molecule has 1 aliphatic heterocycles. The first kappa shape index (κ1) is 14.4. The van der Waals surface area contributed by atoms with Gasteiger partial charge in [0.05, 0.1) is 11.1 Å². The van der Waals surface area contributed by atoms with Gasteiger partial charge in [0.1, 0.15) is 0 Å². The van der Waals surface area contributed by atoms with E-state index in [2.05, 4.69) is 0 Å². The smallest absolute Gasteiger partial charge is 0.285 e. The molecule has 0 saturated carbocycles. The number of pyridine rings is 1. The first-order valence-electron chi connectivity index (χ1n) is 5.81. The maximum Gasteiger partial charge on any atom is 0.285 e. The summed E-state index contributed by atoms with van der Waals surface area (Å²) in [7, 11) is 0. The van der Waals surface area contributed by atoms with Crippen LogP contribution in [0.15, 0.2) is 48.8 Å². The molecule has 0 bridgehead atoms. The van der Waals surface area contributed by atoms with E-state index in [1.807, 2.05) is 35.2 Å². The van der Waals surface area contributed by atoms with E-state index in [9.17, 15) is 14.8 Å². The summed E-state index contributed by atoms with van der Waals surface area (Å²) in [5.74, 6) is -1.33. The average Bonchev–Trinajstić information content (AvgIpc) is 2.65. The molecule has 2 heterocycles. The fraction of sp³-hybridized carbons (Fsp3) is 0.0714. The molecule has 0 unspecified atom stereocenters. The zero-order chi connectivity index (χ0) is 13.4. The van der Waals surface area contributed by atoms with E-state index in [0.717, 1.165) is 5.56 Å². The first-order chi connectivity index (χ1) is 9.16. The van der Waals surface area contributed by atoms with Crippen LogP contribution in [-0.4, -0.2) is 22.1 Å². The Morgan fingerprint density at radius 3 is 2.35 bits per heavy atom. The van der Waals surface area contributed by atoms with E-state index in [1.54, 1.807) is 18.2 Å². The number of nitrogens with zero attached hydrogens (tertiary/aromatic N) is 2. The number of carbonyl (C=O) groups excluding carboxylic acids is 2. The van der Waals surface area contributed by atoms with Crippen molar-refractivity contribution in [2.45, 2.75) is 6.54 Å². The predicted molar refractivity (Wildman–Crippen MR) is 64.5 cm³/mol. The number of hydrogen-bond donors (Lipinski definition) is 1. The third-order valence-electron chi connectivity index (χ3n) is 3.07. The molecule has 0 radical (unpaired) electrons. The van der Waals surface area contributed by atoms with Gasteiger partial charge >= 0.3 is 0 Å². The van der Waals surface area contributed by atoms with Crippen molar-refractivity contribution in [1.82, 2.24) is 5.06 Å². The number of benzene rings is 1. The summed E-state index contributed by atoms with van der Waals surface area (Å²) in [6, 6.07) is 10.7. The standard InChI is InChI=1S/C14H11N2O3.BrH/c17-13-11-5-4-10(8-12(11)14(18)16(13)19)9-15-6-2-1-3-7-15;/h1-8,19H,9H2;1H/q+1;/p-1. The van der Waals surface area contributed by atoms with Gasteiger partial charge in [-0.15, -0.1) is 5.06 Å². The van der Waals surface area contributed by atoms with Crippen molar-refractivity contribution in [3.05, 3.63) is 65.5 Å². The normalized spacial score (nSPS) is 13.2. The number of fused-ring (bicyclic) bond motifs is 1. The summed E-state index contributed by atoms with van der Waals surface area (Å²) >= 11 is 0. The van der Waals surface area contributed by atoms with Gasteiger partial charge in [0.25, 0.3) is 11.8 Å². The molecule has 2 amide bonds. The number of hydroxylamine groups is 2. The lowest BCUT2D eigenvalue weighted by atomic mass is 10.1. The summed E-state index contributed by atoms with van der Waals surface area (Å²) in [5, 5.41) is 9.45. The molecule has 1 N–H and O–H groups in total. The summed E-state index contributed by atoms with van der Waals surface area (Å²) in [6.45, 7) is 0.598. The molecule has 2 aromatic rings. The highest BCUT2D eigenvalue weighted by molar-refractivity contribution is 6.20. The third-order valence-corrected chi connectivity index (χ3v) is 3.07. The summed E-state index contributed by atoms with van der Waals surface area (Å²) in [6.07, 6.45) is 3.83. The van der Waals surface area contributed by atoms with Crippen molar-refractivity contribution < 1.29 is 36.3 Å². The molecule has 0 aliphatic carbocycles. The van der Waals surface area contributed by atoms with Gasteiger partial charge in [0.2, 0.25) is 0 Å². The van der Waals surface area contributed by atoms with Gasteiger partial charge in [-0.05, 0) is 12.1 Å². The summed E-state index contributed by atoms with van der Waals surface area (Å²) in [5.41, 5.74) is 1.39. The van der Waals surface area contributed by atoms with Crippen LogP contribution in [-0.2, 0) is 6.54 Å². The molecule has 0 saturated heterocycles. The second-order valence-electron chi connectivity index (χ2n) is 4.35. The minimum absolute atomic E-state index is 0. The Morgan fingerprint density at radius 1 is 1.00 bits per heavy atom. The Morgan fingerprint density at radius 2 is 1.65 bits per heavy atom. The van der Waals surface area contributed by atoms with Crippen molar-refractivity contribution in [2.75, 3.05) is 0 Å². The molecule has 102 valence electrons. The summed E-state index contributed by atoms with van der Waals surface area (Å²) in [4.78, 5) is 23.2. The Labute approximate surface area is 125 Å². The van der Waals surface area contributed by atoms with Crippen LogP contribution in [0.1, 0.15) is 26.3 Å². The first-order valence-corrected chi connectivity index (χ1v) is 5.81. The molecule has 5 nitrogen and oxygen atoms in total. The number of amides is 2. The van der Waals surface area contributed by atoms with E-state index in [-0.39, 0.29) is 33.2 Å². The molecule has 6 heteroatoms. The molecule has 1 aromatic heterocycles. The largest absolute Gasteiger partial charge is 1.00 e. The number of carbonyl (C=O) groups is 2. The lowest BCUT2D eigenvalue weighted by Gasteiger charge is -2.00. The van der Waals surface area contributed by atoms with E-state index < -0.39 is 11.8 Å². The van der Waals surface area contributed by atoms with Gasteiger partial charge in [0, 0.05) is 17.7 Å². The van der Waals surface area contributed by atoms with Gasteiger partial charge in [-0.1, -0.05) is 12.1 Å². The minimum Gasteiger partial charge on any atom is -1.00 e. The van der Waals surface area contributed by atoms with Gasteiger partial charge in [-0.2, -0.15) is 0 Å². The highest BCUT2D eigenvalue weighted by Gasteiger charge is 2.35. The number of aromatic nitrogens is 1. The fourth-order valence-electron chi connectivity index (χ4n) is 2.12. The average molecular weight is 335 g/mol. The van der Waals surface area contributed by atoms with Crippen LogP contribution >= 0.6 is 0 Å². The molecule has 1 aromatic carbocycles. The quantitative estimate of drug-likeness (QED) is 0.393. The zero-order valence-electron chi connectivity index (χ0n) is 10.4. The van der Waals surface area contributed by atoms with Crippen LogP contribution in [0.4, 0.5) is 0 Å². The number of rotatable bonds is 2. The summed E-state index contributed by atoms with van der Waals surface area (Å²) < 4.78 is 1.96. The number of hydrogen-bond acceptors (Lipinski definition) is 3. The fourth-order valence-corrected chi connectivity index (χ4v) is 2.12. The van der Waals surface area contributed by atoms with Crippen LogP contribution < -0.4 is 21.5 Å². The minimum atomic E-state index is -0.668. The Hall–Kier alpha value is -2.05. The van der Waals surface area contributed by atoms with Crippen molar-refractivity contribution in [3.63, 3.8) is 0 Å². The molecule has 0 atom stereocenters. The van der Waals surface area contributed by atoms with Crippen molar-refractivity contribution in [1.29, 1.82) is 0 Å². The predicted octanol–water partition coefficient (Wildman–Crippen LogP) is -1.99. The monoisotopic (exact) mass is 334 g/mol. The maximum absolute atomic E-state index is 11.7. The topological polar surface area (TPSA) is 61.5 Å². The van der Waals surface area contributed by atoms with Crippen molar-refractivity contribution in [2.24, 2.45) is 0 Å². The molecular formula is C14H11BrN2O3. The van der Waals surface area contributed by atoms with Crippen LogP contribution in [0, 0.1) is 0 Å².